The highest BCUT2D eigenvalue weighted by Crippen LogP contribution is 2.39. The molecule has 0 saturated carbocycles. The number of hydrogen-bond acceptors (Lipinski definition) is 25. The van der Waals surface area contributed by atoms with Gasteiger partial charge in [-0.1, -0.05) is 143 Å². The quantitative estimate of drug-likeness (QED) is 0.0227. The van der Waals surface area contributed by atoms with E-state index in [1.165, 1.54) is 47.6 Å². The second-order valence-electron chi connectivity index (χ2n) is 34.3. The molecule has 1 N–H and O–H groups in total. The molecule has 6 atom stereocenters. The molecule has 2 aliphatic rings. The van der Waals surface area contributed by atoms with E-state index in [1.54, 1.807) is 140 Å². The van der Waals surface area contributed by atoms with Gasteiger partial charge in [-0.05, 0) is 286 Å². The zero-order valence-electron chi connectivity index (χ0n) is 81.6. The van der Waals surface area contributed by atoms with Crippen LogP contribution in [0.25, 0.3) is 45.1 Å². The highest BCUT2D eigenvalue weighted by molar-refractivity contribution is 5.95. The van der Waals surface area contributed by atoms with Gasteiger partial charge in [-0.3, -0.25) is 9.59 Å². The van der Waals surface area contributed by atoms with Gasteiger partial charge >= 0.3 is 46.7 Å². The molecule has 0 saturated heterocycles. The van der Waals surface area contributed by atoms with Crippen molar-refractivity contribution >= 4 is 86.5 Å². The first kappa shape index (κ1) is 105. The van der Waals surface area contributed by atoms with Gasteiger partial charge in [0.15, 0.2) is 33.0 Å². The van der Waals surface area contributed by atoms with E-state index in [1.807, 2.05) is 131 Å². The third-order valence-electron chi connectivity index (χ3n) is 24.0. The molecule has 5 heterocycles. The van der Waals surface area contributed by atoms with Crippen LogP contribution in [-0.4, -0.2) is 75.9 Å². The Morgan fingerprint density at radius 2 is 0.766 bits per heavy atom. The predicted octanol–water partition coefficient (Wildman–Crippen LogP) is 24.2. The van der Waals surface area contributed by atoms with Crippen LogP contribution in [0.3, 0.4) is 0 Å². The molecule has 1 amide bonds. The zero-order chi connectivity index (χ0) is 101. The van der Waals surface area contributed by atoms with Crippen LogP contribution in [0.2, 0.25) is 0 Å². The summed E-state index contributed by atoms with van der Waals surface area (Å²) in [5.41, 5.74) is 9.80. The van der Waals surface area contributed by atoms with Crippen LogP contribution >= 0.6 is 0 Å². The number of carbonyl (C=O) groups excluding carboxylic acids is 6. The Hall–Kier alpha value is -16.3. The van der Waals surface area contributed by atoms with Crippen molar-refractivity contribution in [1.82, 2.24) is 0 Å². The number of nitrogens with zero attached hydrogens (tertiary/aromatic N) is 1. The van der Waals surface area contributed by atoms with Crippen LogP contribution in [0.5, 0.6) is 63.2 Å². The third kappa shape index (κ3) is 30.8. The Balaban J connectivity index is 0.000000169. The van der Waals surface area contributed by atoms with E-state index >= 15 is 0 Å². The van der Waals surface area contributed by atoms with Gasteiger partial charge in [0, 0.05) is 69.4 Å². The Bertz CT molecular complexity index is 6900. The number of fused-ring (bicyclic) bond motifs is 5. The topological polar surface area (TPSA) is 340 Å². The van der Waals surface area contributed by atoms with E-state index in [9.17, 15) is 43.2 Å². The summed E-state index contributed by atoms with van der Waals surface area (Å²) in [5.74, 6) is 6.06. The fourth-order valence-electron chi connectivity index (χ4n) is 14.7. The summed E-state index contributed by atoms with van der Waals surface area (Å²) in [7, 11) is 1.41. The zero-order valence-corrected chi connectivity index (χ0v) is 81.6. The number of methoxy groups -OCH3 is 1. The first-order valence-electron chi connectivity index (χ1n) is 46.5. The number of anilines is 1. The second kappa shape index (κ2) is 50.7. The van der Waals surface area contributed by atoms with E-state index in [2.05, 4.69) is 80.8 Å². The molecule has 0 fully saturated rings. The molecular formula is C115H116N2O24. The lowest BCUT2D eigenvalue weighted by Gasteiger charge is -2.28. The van der Waals surface area contributed by atoms with Crippen molar-refractivity contribution in [2.24, 2.45) is 5.41 Å². The summed E-state index contributed by atoms with van der Waals surface area (Å²) in [6.07, 6.45) is 11.0. The molecule has 26 nitrogen and oxygen atoms in total. The molecule has 15 rings (SSSR count). The summed E-state index contributed by atoms with van der Waals surface area (Å²) in [6, 6.07) is 71.2. The maximum absolute atomic E-state index is 12.2. The molecule has 3 aromatic heterocycles. The summed E-state index contributed by atoms with van der Waals surface area (Å²) >= 11 is 0. The fraction of sp³-hybridized carbons (Fsp3) is 0.270. The minimum Gasteiger partial charge on any atom is -0.484 e. The molecule has 26 heteroatoms. The van der Waals surface area contributed by atoms with Crippen LogP contribution in [0.4, 0.5) is 5.69 Å². The van der Waals surface area contributed by atoms with Crippen LogP contribution in [0.15, 0.2) is 301 Å². The maximum atomic E-state index is 12.2. The summed E-state index contributed by atoms with van der Waals surface area (Å²) < 4.78 is 80.3. The minimum absolute atomic E-state index is 0.0798. The number of rotatable bonds is 33. The number of carbonyl (C=O) groups is 6. The Labute approximate surface area is 818 Å². The molecule has 141 heavy (non-hydrogen) atoms. The van der Waals surface area contributed by atoms with Crippen molar-refractivity contribution in [1.29, 1.82) is 5.26 Å². The number of nitrogens with one attached hydrogen (secondary N) is 1. The lowest BCUT2D eigenvalue weighted by atomic mass is 9.77. The standard InChI is InChI=1S/C26H28O7.C23H21NO4.C22H23NO4.C22H22O5.C22H22O4/c1-5-26(3,25(29)30-4)15-17(2)18-6-10-20(11-7-18)32-24(28)16-31-21-12-8-19-9-13-23(27)33-22(19)14-21;1-4-15(2)17-5-8-20(9-6-17)28-23(25)14-26-21-10-7-18-11-19(13-24)16(3)27-22(18)12-21;1-4-14(2)16-5-8-18(9-6-16)26-13-21(24)23-17-7-10-20-19(12-17)15(3)11-22(25)27-20;1-4-14(2)16-5-7-17(8-6-16)26-22(24)13-25-18-9-10-20-19(12-18)15(3)11-21(23)27-20;1-4-15(2)17-7-10-19(11-8-17)26-22(23)14-24-20-12-9-18-6-5-16(3)25-21(18)13-20/h6-14,17H,5,15-16H2,1-4H3;5-12,15H,3-4,14H2,1-2H3;5-12,14H,4,13H2,1-3H3,(H,23,24);5-12,14H,4,13H2,1-3H3;5-13,15H,3-4,14H2,1-2H3. The molecule has 0 aliphatic carbocycles. The number of nitriles is 1. The van der Waals surface area contributed by atoms with E-state index in [0.29, 0.717) is 134 Å². The van der Waals surface area contributed by atoms with Crippen molar-refractivity contribution in [2.45, 2.75) is 158 Å². The van der Waals surface area contributed by atoms with Crippen molar-refractivity contribution in [2.75, 3.05) is 45.5 Å². The lowest BCUT2D eigenvalue weighted by Crippen LogP contribution is -2.30. The molecule has 2 aliphatic heterocycles. The van der Waals surface area contributed by atoms with Gasteiger partial charge in [0.2, 0.25) is 0 Å². The molecular weight excluding hydrogens is 1790 g/mol. The predicted molar refractivity (Wildman–Crippen MR) is 541 cm³/mol. The number of allylic oxidation sites excluding steroid dienone is 2. The van der Waals surface area contributed by atoms with Crippen LogP contribution in [-0.2, 0) is 33.5 Å². The van der Waals surface area contributed by atoms with Gasteiger partial charge in [0.25, 0.3) is 5.91 Å². The lowest BCUT2D eigenvalue weighted by molar-refractivity contribution is -0.152. The fourth-order valence-corrected chi connectivity index (χ4v) is 14.7. The van der Waals surface area contributed by atoms with Gasteiger partial charge in [0.05, 0.1) is 18.1 Å². The molecule has 730 valence electrons. The monoisotopic (exact) mass is 1910 g/mol. The molecule has 13 aromatic rings. The summed E-state index contributed by atoms with van der Waals surface area (Å²) in [5, 5.41) is 14.1. The highest BCUT2D eigenvalue weighted by Gasteiger charge is 2.35. The number of aryl methyl sites for hydroxylation is 2. The van der Waals surface area contributed by atoms with Crippen LogP contribution in [0.1, 0.15) is 194 Å². The van der Waals surface area contributed by atoms with Gasteiger partial charge in [-0.2, -0.15) is 5.26 Å². The van der Waals surface area contributed by atoms with Crippen LogP contribution < -0.4 is 74.3 Å². The Kier molecular flexibility index (Phi) is 37.8. The van der Waals surface area contributed by atoms with Gasteiger partial charge in [-0.15, -0.1) is 0 Å². The third-order valence-corrected chi connectivity index (χ3v) is 24.0. The Morgan fingerprint density at radius 1 is 0.397 bits per heavy atom. The van der Waals surface area contributed by atoms with Crippen molar-refractivity contribution < 1.29 is 98.9 Å². The van der Waals surface area contributed by atoms with E-state index in [0.717, 1.165) is 69.7 Å². The van der Waals surface area contributed by atoms with E-state index in [4.69, 9.17) is 75.4 Å². The molecule has 0 spiro atoms. The minimum atomic E-state index is -0.561. The Morgan fingerprint density at radius 3 is 1.21 bits per heavy atom. The van der Waals surface area contributed by atoms with Gasteiger partial charge in [-0.25, -0.2) is 33.6 Å². The summed E-state index contributed by atoms with van der Waals surface area (Å²) in [6.45, 7) is 33.3. The SMILES string of the molecule is C=C1C=Cc2ccc(OCC(=O)Oc3ccc(C(C)CC)cc3)cc2O1.C=C1Oc2cc(OCC(=O)Oc3ccc(C(C)CC)cc3)ccc2C=C1C#N.CCC(C)(CC(C)c1ccc(OC(=O)COc2ccc3ccc(=O)oc3c2)cc1)C(=O)OC.CCC(C)c1ccc(OC(=O)COc2ccc3oc(=O)cc(C)c3c2)cc1.CCC(C)c1ccc(OCC(=O)Nc2ccc3oc(=O)cc(C)c3c2)cc1. The number of esters is 5. The van der Waals surface area contributed by atoms with Crippen LogP contribution in [0, 0.1) is 30.6 Å². The van der Waals surface area contributed by atoms with Crippen molar-refractivity contribution in [3.63, 3.8) is 0 Å². The average molecular weight is 1910 g/mol. The molecule has 0 radical (unpaired) electrons. The molecule has 10 aromatic carbocycles. The van der Waals surface area contributed by atoms with Crippen molar-refractivity contribution in [3.05, 3.63) is 354 Å². The van der Waals surface area contributed by atoms with E-state index in [-0.39, 0.29) is 62.2 Å². The summed E-state index contributed by atoms with van der Waals surface area (Å²) in [4.78, 5) is 107. The first-order valence-corrected chi connectivity index (χ1v) is 46.5. The average Bonchev–Trinajstić information content (AvgIpc) is 0.810. The van der Waals surface area contributed by atoms with Gasteiger partial charge < -0.3 is 75.4 Å². The second-order valence-corrected chi connectivity index (χ2v) is 34.3. The highest BCUT2D eigenvalue weighted by atomic mass is 16.6. The number of benzene rings is 10. The van der Waals surface area contributed by atoms with E-state index < -0.39 is 40.5 Å². The normalized spacial score (nSPS) is 13.0. The number of hydrogen-bond donors (Lipinski definition) is 1. The largest absolute Gasteiger partial charge is 0.484 e. The smallest absolute Gasteiger partial charge is 0.349 e. The van der Waals surface area contributed by atoms with Crippen molar-refractivity contribution in [3.8, 4) is 69.3 Å². The number of ether oxygens (including phenoxy) is 12. The number of amides is 1. The molecule has 0 bridgehead atoms. The van der Waals surface area contributed by atoms with Gasteiger partial charge in [0.1, 0.15) is 97.6 Å². The maximum Gasteiger partial charge on any atom is 0.349 e. The first-order chi connectivity index (χ1) is 67.7. The molecule has 6 unspecified atom stereocenters.